The Morgan fingerprint density at radius 3 is 2.74 bits per heavy atom. The Hall–Kier alpha value is -3.43. The highest BCUT2D eigenvalue weighted by Crippen LogP contribution is 2.31. The lowest BCUT2D eigenvalue weighted by Crippen LogP contribution is -2.35. The summed E-state index contributed by atoms with van der Waals surface area (Å²) in [5.41, 5.74) is 1.25. The number of thiazole rings is 1. The second kappa shape index (κ2) is 11.3. The summed E-state index contributed by atoms with van der Waals surface area (Å²) in [5.74, 6) is -1.54. The van der Waals surface area contributed by atoms with Gasteiger partial charge in [-0.3, -0.25) is 14.5 Å². The molecule has 1 atom stereocenters. The lowest BCUT2D eigenvalue weighted by atomic mass is 10.1. The molecule has 1 aliphatic heterocycles. The molecule has 2 heterocycles. The Morgan fingerprint density at radius 2 is 2.03 bits per heavy atom. The van der Waals surface area contributed by atoms with Gasteiger partial charge in [-0.2, -0.15) is 0 Å². The minimum absolute atomic E-state index is 0.0586. The van der Waals surface area contributed by atoms with Crippen molar-refractivity contribution in [3.63, 3.8) is 0 Å². The first kappa shape index (κ1) is 24.7. The highest BCUT2D eigenvalue weighted by molar-refractivity contribution is 7.14. The molecule has 1 aromatic heterocycles. The summed E-state index contributed by atoms with van der Waals surface area (Å²) in [6, 6.07) is 12.1. The number of ether oxygens (including phenoxy) is 1. The zero-order chi connectivity index (χ0) is 24.8. The topological polar surface area (TPSA) is 62.7 Å². The Balaban J connectivity index is 1.51. The minimum Gasteiger partial charge on any atom is -0.376 e. The number of hydrogen-bond acceptors (Lipinski definition) is 5. The fourth-order valence-electron chi connectivity index (χ4n) is 3.88. The molecule has 35 heavy (non-hydrogen) atoms. The molecule has 6 nitrogen and oxygen atoms in total. The van der Waals surface area contributed by atoms with Crippen molar-refractivity contribution < 1.29 is 23.1 Å². The molecule has 0 bridgehead atoms. The molecule has 1 saturated heterocycles. The lowest BCUT2D eigenvalue weighted by molar-refractivity contribution is -0.128. The number of carbonyl (C=O) groups is 2. The largest absolute Gasteiger partial charge is 0.376 e. The number of rotatable bonds is 8. The van der Waals surface area contributed by atoms with Gasteiger partial charge in [0.2, 0.25) is 11.8 Å². The number of nitrogens with zero attached hydrogens (tertiary/aromatic N) is 3. The van der Waals surface area contributed by atoms with Crippen LogP contribution in [0.5, 0.6) is 0 Å². The summed E-state index contributed by atoms with van der Waals surface area (Å²) in [4.78, 5) is 32.5. The fraction of sp³-hybridized carbons (Fsp3) is 0.269. The van der Waals surface area contributed by atoms with Crippen LogP contribution < -0.4 is 4.90 Å². The van der Waals surface area contributed by atoms with Gasteiger partial charge < -0.3 is 9.64 Å². The van der Waals surface area contributed by atoms with Gasteiger partial charge in [-0.05, 0) is 48.7 Å². The van der Waals surface area contributed by atoms with Crippen molar-refractivity contribution in [1.29, 1.82) is 0 Å². The van der Waals surface area contributed by atoms with E-state index in [9.17, 15) is 18.4 Å². The standard InChI is InChI=1S/C26H25F2N3O3S/c1-18(32)31(24-10-3-2-9-23(24)28)26-29-21(17-35-26)11-12-25(33)30(16-22-8-5-13-34-22)15-19-6-4-7-20(27)14-19/h2-4,6-7,9-12,14,17,22H,5,8,13,15-16H2,1H3/b12-11+. The van der Waals surface area contributed by atoms with Crippen LogP contribution in [0.15, 0.2) is 60.0 Å². The molecule has 9 heteroatoms. The normalized spacial score (nSPS) is 15.5. The SMILES string of the molecule is CC(=O)N(c1nc(/C=C/C(=O)N(Cc2cccc(F)c2)CC2CCCO2)cs1)c1ccccc1F. The predicted octanol–water partition coefficient (Wildman–Crippen LogP) is 5.33. The van der Waals surface area contributed by atoms with E-state index in [1.165, 1.54) is 53.5 Å². The molecule has 0 spiro atoms. The maximum absolute atomic E-state index is 14.3. The van der Waals surface area contributed by atoms with Crippen molar-refractivity contribution in [1.82, 2.24) is 9.88 Å². The molecule has 1 fully saturated rings. The number of para-hydroxylation sites is 1. The monoisotopic (exact) mass is 497 g/mol. The zero-order valence-electron chi connectivity index (χ0n) is 19.2. The van der Waals surface area contributed by atoms with Crippen molar-refractivity contribution in [2.24, 2.45) is 0 Å². The van der Waals surface area contributed by atoms with E-state index in [-0.39, 0.29) is 36.0 Å². The first-order valence-electron chi connectivity index (χ1n) is 11.2. The number of halogens is 2. The Kier molecular flexibility index (Phi) is 7.99. The van der Waals surface area contributed by atoms with Gasteiger partial charge in [0.15, 0.2) is 5.13 Å². The van der Waals surface area contributed by atoms with Gasteiger partial charge in [0, 0.05) is 38.1 Å². The maximum atomic E-state index is 14.3. The van der Waals surface area contributed by atoms with E-state index >= 15 is 0 Å². The first-order valence-corrected chi connectivity index (χ1v) is 12.1. The van der Waals surface area contributed by atoms with Crippen LogP contribution in [0.2, 0.25) is 0 Å². The second-order valence-electron chi connectivity index (χ2n) is 8.18. The van der Waals surface area contributed by atoms with Crippen molar-refractivity contribution in [3.8, 4) is 0 Å². The molecular formula is C26H25F2N3O3S. The summed E-state index contributed by atoms with van der Waals surface area (Å²) in [7, 11) is 0. The van der Waals surface area contributed by atoms with Crippen LogP contribution in [0, 0.1) is 11.6 Å². The van der Waals surface area contributed by atoms with Crippen LogP contribution >= 0.6 is 11.3 Å². The average molecular weight is 498 g/mol. The Labute approximate surface area is 206 Å². The number of anilines is 2. The van der Waals surface area contributed by atoms with Crippen LogP contribution in [0.3, 0.4) is 0 Å². The van der Waals surface area contributed by atoms with Crippen molar-refractivity contribution >= 4 is 40.0 Å². The number of benzene rings is 2. The van der Waals surface area contributed by atoms with Gasteiger partial charge in [0.1, 0.15) is 11.6 Å². The molecule has 3 aromatic rings. The third kappa shape index (κ3) is 6.37. The van der Waals surface area contributed by atoms with Gasteiger partial charge in [-0.1, -0.05) is 24.3 Å². The minimum atomic E-state index is -0.535. The van der Waals surface area contributed by atoms with Crippen LogP contribution in [0.4, 0.5) is 19.6 Å². The summed E-state index contributed by atoms with van der Waals surface area (Å²) < 4.78 is 33.6. The predicted molar refractivity (Wildman–Crippen MR) is 131 cm³/mol. The van der Waals surface area contributed by atoms with E-state index in [1.54, 1.807) is 40.6 Å². The summed E-state index contributed by atoms with van der Waals surface area (Å²) in [6.07, 6.45) is 4.70. The van der Waals surface area contributed by atoms with Gasteiger partial charge in [-0.25, -0.2) is 13.8 Å². The molecular weight excluding hydrogens is 472 g/mol. The van der Waals surface area contributed by atoms with Crippen molar-refractivity contribution in [2.75, 3.05) is 18.1 Å². The van der Waals surface area contributed by atoms with Crippen molar-refractivity contribution in [2.45, 2.75) is 32.4 Å². The number of carbonyl (C=O) groups excluding carboxylic acids is 2. The lowest BCUT2D eigenvalue weighted by Gasteiger charge is -2.24. The highest BCUT2D eigenvalue weighted by Gasteiger charge is 2.23. The summed E-state index contributed by atoms with van der Waals surface area (Å²) in [5, 5.41) is 1.98. The molecule has 2 amide bonds. The molecule has 2 aromatic carbocycles. The van der Waals surface area contributed by atoms with E-state index in [0.29, 0.717) is 29.5 Å². The molecule has 0 saturated carbocycles. The van der Waals surface area contributed by atoms with Crippen molar-refractivity contribution in [3.05, 3.63) is 82.9 Å². The molecule has 1 unspecified atom stereocenters. The molecule has 4 rings (SSSR count). The fourth-order valence-corrected chi connectivity index (χ4v) is 4.73. The molecule has 0 aliphatic carbocycles. The van der Waals surface area contributed by atoms with Gasteiger partial charge in [-0.15, -0.1) is 11.3 Å². The Morgan fingerprint density at radius 1 is 1.20 bits per heavy atom. The third-order valence-corrected chi connectivity index (χ3v) is 6.37. The van der Waals surface area contributed by atoms with E-state index in [4.69, 9.17) is 4.74 Å². The number of amides is 2. The quantitative estimate of drug-likeness (QED) is 0.395. The van der Waals surface area contributed by atoms with Gasteiger partial charge in [0.05, 0.1) is 17.5 Å². The summed E-state index contributed by atoms with van der Waals surface area (Å²) >= 11 is 1.17. The molecule has 0 N–H and O–H groups in total. The zero-order valence-corrected chi connectivity index (χ0v) is 20.0. The van der Waals surface area contributed by atoms with Gasteiger partial charge >= 0.3 is 0 Å². The van der Waals surface area contributed by atoms with E-state index in [1.807, 2.05) is 0 Å². The molecule has 182 valence electrons. The number of aromatic nitrogens is 1. The smallest absolute Gasteiger partial charge is 0.247 e. The van der Waals surface area contributed by atoms with Crippen LogP contribution in [-0.4, -0.2) is 41.0 Å². The van der Waals surface area contributed by atoms with E-state index in [2.05, 4.69) is 4.98 Å². The van der Waals surface area contributed by atoms with E-state index < -0.39 is 5.82 Å². The van der Waals surface area contributed by atoms with Gasteiger partial charge in [0.25, 0.3) is 0 Å². The Bertz CT molecular complexity index is 1220. The number of hydrogen-bond donors (Lipinski definition) is 0. The van der Waals surface area contributed by atoms with Crippen LogP contribution in [0.1, 0.15) is 31.0 Å². The highest BCUT2D eigenvalue weighted by atomic mass is 32.1. The van der Waals surface area contributed by atoms with E-state index in [0.717, 1.165) is 12.8 Å². The maximum Gasteiger partial charge on any atom is 0.247 e. The summed E-state index contributed by atoms with van der Waals surface area (Å²) in [6.45, 7) is 2.64. The van der Waals surface area contributed by atoms with Crippen LogP contribution in [0.25, 0.3) is 6.08 Å². The average Bonchev–Trinajstić information content (AvgIpc) is 3.51. The second-order valence-corrected chi connectivity index (χ2v) is 9.01. The van der Waals surface area contributed by atoms with Crippen LogP contribution in [-0.2, 0) is 20.9 Å². The third-order valence-electron chi connectivity index (χ3n) is 5.53. The first-order chi connectivity index (χ1) is 16.9. The molecule has 1 aliphatic rings. The molecule has 0 radical (unpaired) electrons.